The van der Waals surface area contributed by atoms with E-state index in [1.54, 1.807) is 0 Å². The van der Waals surface area contributed by atoms with Crippen molar-refractivity contribution in [3.8, 4) is 0 Å². The minimum Gasteiger partial charge on any atom is -0.149 e. The molecule has 1 saturated carbocycles. The quantitative estimate of drug-likeness (QED) is 0.682. The molecule has 15 heavy (non-hydrogen) atoms. The second kappa shape index (κ2) is 5.01. The van der Waals surface area contributed by atoms with E-state index in [4.69, 9.17) is 0 Å². The van der Waals surface area contributed by atoms with Crippen LogP contribution < -0.4 is 0 Å². The number of thiophene rings is 1. The van der Waals surface area contributed by atoms with E-state index in [1.807, 2.05) is 11.3 Å². The van der Waals surface area contributed by atoms with Crippen LogP contribution in [-0.2, 0) is 6.42 Å². The van der Waals surface area contributed by atoms with Gasteiger partial charge in [-0.1, -0.05) is 41.8 Å². The summed E-state index contributed by atoms with van der Waals surface area (Å²) in [6.07, 6.45) is 8.25. The molecule has 0 N–H and O–H groups in total. The lowest BCUT2D eigenvalue weighted by molar-refractivity contribution is 0.276. The van der Waals surface area contributed by atoms with Crippen molar-refractivity contribution in [2.45, 2.75) is 50.3 Å². The van der Waals surface area contributed by atoms with Crippen molar-refractivity contribution in [2.75, 3.05) is 0 Å². The predicted octanol–water partition coefficient (Wildman–Crippen LogP) is 5.02. The summed E-state index contributed by atoms with van der Waals surface area (Å²) in [6.45, 7) is 2.36. The highest BCUT2D eigenvalue weighted by Crippen LogP contribution is 2.47. The third-order valence-electron chi connectivity index (χ3n) is 3.93. The van der Waals surface area contributed by atoms with Crippen molar-refractivity contribution in [1.82, 2.24) is 0 Å². The molecule has 1 aliphatic rings. The Hall–Kier alpha value is 0.180. The summed E-state index contributed by atoms with van der Waals surface area (Å²) in [7, 11) is 0. The molecule has 1 heterocycles. The van der Waals surface area contributed by atoms with Crippen LogP contribution in [0.2, 0.25) is 0 Å². The van der Waals surface area contributed by atoms with Crippen molar-refractivity contribution < 1.29 is 0 Å². The van der Waals surface area contributed by atoms with E-state index in [1.165, 1.54) is 43.4 Å². The fourth-order valence-electron chi connectivity index (χ4n) is 2.79. The van der Waals surface area contributed by atoms with Crippen molar-refractivity contribution in [3.63, 3.8) is 0 Å². The Bertz CT molecular complexity index is 285. The van der Waals surface area contributed by atoms with Gasteiger partial charge in [0, 0.05) is 9.70 Å². The zero-order valence-electron chi connectivity index (χ0n) is 9.34. The number of alkyl halides is 1. The van der Waals surface area contributed by atoms with E-state index < -0.39 is 0 Å². The summed E-state index contributed by atoms with van der Waals surface area (Å²) in [4.78, 5) is 2.20. The molecule has 84 valence electrons. The molecular weight excluding hydrogens is 268 g/mol. The van der Waals surface area contributed by atoms with Gasteiger partial charge in [0.05, 0.1) is 0 Å². The molecule has 0 amide bonds. The minimum atomic E-state index is 0.587. The number of halogens is 1. The largest absolute Gasteiger partial charge is 0.149 e. The highest BCUT2D eigenvalue weighted by molar-refractivity contribution is 9.09. The Balaban J connectivity index is 2.02. The predicted molar refractivity (Wildman–Crippen MR) is 71.9 cm³/mol. The van der Waals surface area contributed by atoms with E-state index in [0.29, 0.717) is 10.2 Å². The average Bonchev–Trinajstić information content (AvgIpc) is 2.87. The van der Waals surface area contributed by atoms with Crippen molar-refractivity contribution in [2.24, 2.45) is 5.41 Å². The molecule has 0 bridgehead atoms. The molecule has 1 aromatic heterocycles. The Kier molecular flexibility index (Phi) is 3.89. The molecule has 2 heteroatoms. The van der Waals surface area contributed by atoms with Gasteiger partial charge in [0.2, 0.25) is 0 Å². The number of hydrogen-bond donors (Lipinski definition) is 0. The van der Waals surface area contributed by atoms with E-state index in [0.717, 1.165) is 0 Å². The molecule has 1 unspecified atom stereocenters. The van der Waals surface area contributed by atoms with Gasteiger partial charge >= 0.3 is 0 Å². The summed E-state index contributed by atoms with van der Waals surface area (Å²) < 4.78 is 0. The van der Waals surface area contributed by atoms with Crippen molar-refractivity contribution >= 4 is 27.3 Å². The van der Waals surface area contributed by atoms with Gasteiger partial charge in [0.1, 0.15) is 0 Å². The van der Waals surface area contributed by atoms with Crippen LogP contribution in [0.4, 0.5) is 0 Å². The summed E-state index contributed by atoms with van der Waals surface area (Å²) in [5, 5.41) is 2.18. The second-order valence-corrected chi connectivity index (χ2v) is 6.81. The molecule has 0 nitrogen and oxygen atoms in total. The van der Waals surface area contributed by atoms with E-state index in [-0.39, 0.29) is 0 Å². The van der Waals surface area contributed by atoms with Gasteiger partial charge < -0.3 is 0 Å². The monoisotopic (exact) mass is 286 g/mol. The molecule has 0 saturated heterocycles. The fraction of sp³-hybridized carbons (Fsp3) is 0.692. The van der Waals surface area contributed by atoms with Crippen LogP contribution in [0.5, 0.6) is 0 Å². The topological polar surface area (TPSA) is 0 Å². The van der Waals surface area contributed by atoms with Crippen molar-refractivity contribution in [3.05, 3.63) is 22.4 Å². The molecular formula is C13H19BrS. The zero-order chi connectivity index (χ0) is 10.7. The zero-order valence-corrected chi connectivity index (χ0v) is 11.7. The van der Waals surface area contributed by atoms with Crippen molar-refractivity contribution in [1.29, 1.82) is 0 Å². The Morgan fingerprint density at radius 1 is 1.47 bits per heavy atom. The summed E-state index contributed by atoms with van der Waals surface area (Å²) in [5.41, 5.74) is 0.587. The summed E-state index contributed by atoms with van der Waals surface area (Å²) >= 11 is 5.84. The van der Waals surface area contributed by atoms with Gasteiger partial charge in [-0.3, -0.25) is 0 Å². The Morgan fingerprint density at radius 3 is 2.73 bits per heavy atom. The van der Waals surface area contributed by atoms with E-state index in [2.05, 4.69) is 40.4 Å². The standard InChI is InChI=1S/C13H19BrS/c1-2-13(7-3-4-8-13)12(14)10-11-6-5-9-15-11/h5-6,9,12H,2-4,7-8,10H2,1H3. The first-order chi connectivity index (χ1) is 7.27. The first-order valence-electron chi connectivity index (χ1n) is 5.93. The minimum absolute atomic E-state index is 0.587. The van der Waals surface area contributed by atoms with Crippen LogP contribution in [0.25, 0.3) is 0 Å². The summed E-state index contributed by atoms with van der Waals surface area (Å²) in [6, 6.07) is 4.42. The molecule has 0 spiro atoms. The molecule has 1 fully saturated rings. The number of rotatable bonds is 4. The van der Waals surface area contributed by atoms with Crippen LogP contribution in [-0.4, -0.2) is 4.83 Å². The van der Waals surface area contributed by atoms with E-state index in [9.17, 15) is 0 Å². The second-order valence-electron chi connectivity index (χ2n) is 4.67. The molecule has 0 radical (unpaired) electrons. The normalized spacial score (nSPS) is 21.7. The van der Waals surface area contributed by atoms with Crippen LogP contribution in [0.15, 0.2) is 17.5 Å². The fourth-order valence-corrected chi connectivity index (χ4v) is 4.89. The van der Waals surface area contributed by atoms with Gasteiger partial charge in [-0.25, -0.2) is 0 Å². The molecule has 1 atom stereocenters. The van der Waals surface area contributed by atoms with E-state index >= 15 is 0 Å². The SMILES string of the molecule is CCC1(C(Br)Cc2cccs2)CCCC1. The van der Waals surface area contributed by atoms with Gasteiger partial charge in [0.15, 0.2) is 0 Å². The van der Waals surface area contributed by atoms with Gasteiger partial charge in [-0.2, -0.15) is 0 Å². The molecule has 2 rings (SSSR count). The van der Waals surface area contributed by atoms with Gasteiger partial charge in [-0.05, 0) is 42.5 Å². The highest BCUT2D eigenvalue weighted by Gasteiger charge is 2.38. The molecule has 1 aliphatic carbocycles. The summed E-state index contributed by atoms with van der Waals surface area (Å²) in [5.74, 6) is 0. The maximum Gasteiger partial charge on any atom is 0.0250 e. The van der Waals surface area contributed by atoms with Crippen LogP contribution in [0.1, 0.15) is 43.9 Å². The third-order valence-corrected chi connectivity index (χ3v) is 6.12. The number of hydrogen-bond acceptors (Lipinski definition) is 1. The average molecular weight is 287 g/mol. The maximum atomic E-state index is 3.95. The lowest BCUT2D eigenvalue weighted by Crippen LogP contribution is -2.28. The molecule has 0 aliphatic heterocycles. The molecule has 0 aromatic carbocycles. The molecule has 1 aromatic rings. The Labute approximate surface area is 105 Å². The highest BCUT2D eigenvalue weighted by atomic mass is 79.9. The smallest absolute Gasteiger partial charge is 0.0250 e. The van der Waals surface area contributed by atoms with Crippen LogP contribution in [0.3, 0.4) is 0 Å². The van der Waals surface area contributed by atoms with Gasteiger partial charge in [-0.15, -0.1) is 11.3 Å². The maximum absolute atomic E-state index is 3.95. The Morgan fingerprint density at radius 2 is 2.20 bits per heavy atom. The first kappa shape index (κ1) is 11.7. The lowest BCUT2D eigenvalue weighted by atomic mass is 9.79. The van der Waals surface area contributed by atoms with Crippen LogP contribution in [0, 0.1) is 5.41 Å². The first-order valence-corrected chi connectivity index (χ1v) is 7.73. The van der Waals surface area contributed by atoms with Crippen LogP contribution >= 0.6 is 27.3 Å². The third kappa shape index (κ3) is 2.47. The lowest BCUT2D eigenvalue weighted by Gasteiger charge is -2.33. The van der Waals surface area contributed by atoms with Gasteiger partial charge in [0.25, 0.3) is 0 Å².